The summed E-state index contributed by atoms with van der Waals surface area (Å²) in [5.41, 5.74) is 0. The van der Waals surface area contributed by atoms with Crippen LogP contribution < -0.4 is 0 Å². The van der Waals surface area contributed by atoms with Gasteiger partial charge in [0.1, 0.15) is 6.29 Å². The number of carbonyl (C=O) groups is 1. The first-order valence-corrected chi connectivity index (χ1v) is 4.19. The first kappa shape index (κ1) is 7.77. The number of aldehydes is 1. The van der Waals surface area contributed by atoms with Gasteiger partial charge in [-0.15, -0.1) is 0 Å². The van der Waals surface area contributed by atoms with Gasteiger partial charge in [0.05, 0.1) is 0 Å². The van der Waals surface area contributed by atoms with Crippen molar-refractivity contribution in [3.8, 4) is 0 Å². The second kappa shape index (κ2) is 3.18. The minimum absolute atomic E-state index is 0.382. The standard InChI is InChI=1S/C9H16O/c1-7(2)9-4-3-8(5-9)6-10/h6-9H,3-5H2,1-2H3. The van der Waals surface area contributed by atoms with Crippen LogP contribution in [0, 0.1) is 17.8 Å². The molecule has 0 radical (unpaired) electrons. The summed E-state index contributed by atoms with van der Waals surface area (Å²) in [4.78, 5) is 10.4. The molecule has 0 amide bonds. The Bertz CT molecular complexity index is 118. The van der Waals surface area contributed by atoms with Crippen molar-refractivity contribution in [3.63, 3.8) is 0 Å². The van der Waals surface area contributed by atoms with Crippen molar-refractivity contribution >= 4 is 6.29 Å². The highest BCUT2D eigenvalue weighted by Gasteiger charge is 2.25. The second-order valence-corrected chi connectivity index (χ2v) is 3.71. The molecule has 1 heteroatoms. The molecule has 0 saturated heterocycles. The van der Waals surface area contributed by atoms with Crippen molar-refractivity contribution in [3.05, 3.63) is 0 Å². The molecule has 10 heavy (non-hydrogen) atoms. The van der Waals surface area contributed by atoms with Crippen LogP contribution in [0.25, 0.3) is 0 Å². The molecular formula is C9H16O. The van der Waals surface area contributed by atoms with E-state index >= 15 is 0 Å². The molecule has 0 aliphatic heterocycles. The SMILES string of the molecule is CC(C)C1CCC(C=O)C1. The molecule has 2 unspecified atom stereocenters. The van der Waals surface area contributed by atoms with Crippen molar-refractivity contribution in [2.45, 2.75) is 33.1 Å². The van der Waals surface area contributed by atoms with Crippen molar-refractivity contribution in [2.75, 3.05) is 0 Å². The fourth-order valence-electron chi connectivity index (χ4n) is 1.78. The van der Waals surface area contributed by atoms with Crippen molar-refractivity contribution < 1.29 is 4.79 Å². The van der Waals surface area contributed by atoms with Crippen LogP contribution in [-0.4, -0.2) is 6.29 Å². The van der Waals surface area contributed by atoms with Gasteiger partial charge in [-0.3, -0.25) is 0 Å². The zero-order valence-corrected chi connectivity index (χ0v) is 6.84. The molecule has 1 fully saturated rings. The van der Waals surface area contributed by atoms with Crippen LogP contribution in [0.15, 0.2) is 0 Å². The van der Waals surface area contributed by atoms with E-state index in [2.05, 4.69) is 13.8 Å². The predicted octanol–water partition coefficient (Wildman–Crippen LogP) is 2.26. The highest BCUT2D eigenvalue weighted by atomic mass is 16.1. The van der Waals surface area contributed by atoms with Gasteiger partial charge < -0.3 is 4.79 Å². The lowest BCUT2D eigenvalue weighted by Crippen LogP contribution is -2.04. The van der Waals surface area contributed by atoms with Gasteiger partial charge in [-0.1, -0.05) is 13.8 Å². The average molecular weight is 140 g/mol. The topological polar surface area (TPSA) is 17.1 Å². The van der Waals surface area contributed by atoms with E-state index in [1.54, 1.807) is 0 Å². The Kier molecular flexibility index (Phi) is 2.47. The largest absolute Gasteiger partial charge is 0.303 e. The minimum Gasteiger partial charge on any atom is -0.303 e. The fraction of sp³-hybridized carbons (Fsp3) is 0.889. The van der Waals surface area contributed by atoms with Crippen LogP contribution in [-0.2, 0) is 4.79 Å². The first-order valence-electron chi connectivity index (χ1n) is 4.19. The molecule has 2 atom stereocenters. The van der Waals surface area contributed by atoms with Crippen molar-refractivity contribution in [1.82, 2.24) is 0 Å². The highest BCUT2D eigenvalue weighted by molar-refractivity contribution is 5.53. The van der Waals surface area contributed by atoms with Gasteiger partial charge >= 0.3 is 0 Å². The molecule has 1 nitrogen and oxygen atoms in total. The van der Waals surface area contributed by atoms with E-state index in [9.17, 15) is 4.79 Å². The van der Waals surface area contributed by atoms with Crippen LogP contribution in [0.1, 0.15) is 33.1 Å². The van der Waals surface area contributed by atoms with E-state index in [-0.39, 0.29) is 0 Å². The van der Waals surface area contributed by atoms with Gasteiger partial charge in [-0.25, -0.2) is 0 Å². The lowest BCUT2D eigenvalue weighted by molar-refractivity contribution is -0.111. The summed E-state index contributed by atoms with van der Waals surface area (Å²) in [6, 6.07) is 0. The summed E-state index contributed by atoms with van der Waals surface area (Å²) in [7, 11) is 0. The lowest BCUT2D eigenvalue weighted by atomic mass is 9.94. The number of hydrogen-bond donors (Lipinski definition) is 0. The van der Waals surface area contributed by atoms with Crippen LogP contribution in [0.4, 0.5) is 0 Å². The molecule has 1 rings (SSSR count). The molecule has 1 aliphatic carbocycles. The van der Waals surface area contributed by atoms with Crippen LogP contribution in [0.3, 0.4) is 0 Å². The Morgan fingerprint density at radius 3 is 2.40 bits per heavy atom. The lowest BCUT2D eigenvalue weighted by Gasteiger charge is -2.12. The van der Waals surface area contributed by atoms with E-state index < -0.39 is 0 Å². The van der Waals surface area contributed by atoms with Gasteiger partial charge in [0.2, 0.25) is 0 Å². The Morgan fingerprint density at radius 2 is 2.10 bits per heavy atom. The van der Waals surface area contributed by atoms with Gasteiger partial charge in [-0.2, -0.15) is 0 Å². The summed E-state index contributed by atoms with van der Waals surface area (Å²) in [6.45, 7) is 4.50. The Morgan fingerprint density at radius 1 is 1.40 bits per heavy atom. The van der Waals surface area contributed by atoms with Crippen LogP contribution >= 0.6 is 0 Å². The molecule has 1 aliphatic rings. The second-order valence-electron chi connectivity index (χ2n) is 3.71. The molecule has 0 heterocycles. The number of hydrogen-bond acceptors (Lipinski definition) is 1. The molecule has 58 valence electrons. The smallest absolute Gasteiger partial charge is 0.123 e. The van der Waals surface area contributed by atoms with Gasteiger partial charge in [-0.05, 0) is 31.1 Å². The molecule has 0 N–H and O–H groups in total. The minimum atomic E-state index is 0.382. The summed E-state index contributed by atoms with van der Waals surface area (Å²) in [5.74, 6) is 1.97. The maximum Gasteiger partial charge on any atom is 0.123 e. The third-order valence-electron chi connectivity index (χ3n) is 2.65. The summed E-state index contributed by atoms with van der Waals surface area (Å²) < 4.78 is 0. The summed E-state index contributed by atoms with van der Waals surface area (Å²) in [5, 5.41) is 0. The highest BCUT2D eigenvalue weighted by Crippen LogP contribution is 2.34. The Labute approximate surface area is 62.8 Å². The number of rotatable bonds is 2. The molecule has 0 spiro atoms. The predicted molar refractivity (Wildman–Crippen MR) is 41.7 cm³/mol. The van der Waals surface area contributed by atoms with Gasteiger partial charge in [0.25, 0.3) is 0 Å². The van der Waals surface area contributed by atoms with Crippen molar-refractivity contribution in [2.24, 2.45) is 17.8 Å². The van der Waals surface area contributed by atoms with Gasteiger partial charge in [0, 0.05) is 5.92 Å². The summed E-state index contributed by atoms with van der Waals surface area (Å²) in [6.07, 6.45) is 4.66. The van der Waals surface area contributed by atoms with Crippen LogP contribution in [0.2, 0.25) is 0 Å². The zero-order chi connectivity index (χ0) is 7.56. The third-order valence-corrected chi connectivity index (χ3v) is 2.65. The zero-order valence-electron chi connectivity index (χ0n) is 6.84. The van der Waals surface area contributed by atoms with Crippen molar-refractivity contribution in [1.29, 1.82) is 0 Å². The Hall–Kier alpha value is -0.330. The molecule has 0 aromatic rings. The van der Waals surface area contributed by atoms with Crippen LogP contribution in [0.5, 0.6) is 0 Å². The summed E-state index contributed by atoms with van der Waals surface area (Å²) >= 11 is 0. The maximum atomic E-state index is 10.4. The monoisotopic (exact) mass is 140 g/mol. The number of carbonyl (C=O) groups excluding carboxylic acids is 1. The Balaban J connectivity index is 2.35. The van der Waals surface area contributed by atoms with E-state index in [0.29, 0.717) is 5.92 Å². The molecule has 0 bridgehead atoms. The average Bonchev–Trinajstić information content (AvgIpc) is 2.34. The first-order chi connectivity index (χ1) is 4.74. The van der Waals surface area contributed by atoms with Gasteiger partial charge in [0.15, 0.2) is 0 Å². The van der Waals surface area contributed by atoms with E-state index in [1.807, 2.05) is 0 Å². The molecular weight excluding hydrogens is 124 g/mol. The van der Waals surface area contributed by atoms with E-state index in [0.717, 1.165) is 31.0 Å². The maximum absolute atomic E-state index is 10.4. The molecule has 1 saturated carbocycles. The quantitative estimate of drug-likeness (QED) is 0.538. The molecule has 0 aromatic carbocycles. The van der Waals surface area contributed by atoms with E-state index in [1.165, 1.54) is 6.42 Å². The third kappa shape index (κ3) is 1.59. The fourth-order valence-corrected chi connectivity index (χ4v) is 1.78. The van der Waals surface area contributed by atoms with E-state index in [4.69, 9.17) is 0 Å². The normalized spacial score (nSPS) is 33.1. The molecule has 0 aromatic heterocycles.